The molecule has 0 aliphatic rings. The highest BCUT2D eigenvalue weighted by Gasteiger charge is 2.06. The van der Waals surface area contributed by atoms with Crippen LogP contribution in [0.4, 0.5) is 0 Å². The molecule has 0 bridgehead atoms. The predicted molar refractivity (Wildman–Crippen MR) is 66.2 cm³/mol. The summed E-state index contributed by atoms with van der Waals surface area (Å²) in [6.07, 6.45) is 0.358. The Hall–Kier alpha value is -1.35. The molecule has 1 heterocycles. The largest absolute Gasteiger partial charge is 0.461 e. The number of carbonyl (C=O) groups excluding carboxylic acids is 1. The summed E-state index contributed by atoms with van der Waals surface area (Å²) in [4.78, 5) is 10.9. The smallest absolute Gasteiger partial charge is 0.137 e. The lowest BCUT2D eigenvalue weighted by molar-refractivity contribution is -0.116. The molecule has 0 aliphatic heterocycles. The molecule has 2 nitrogen and oxygen atoms in total. The molecule has 1 aromatic carbocycles. The molecule has 16 heavy (non-hydrogen) atoms. The van der Waals surface area contributed by atoms with E-state index in [0.29, 0.717) is 12.2 Å². The molecule has 1 aromatic heterocycles. The summed E-state index contributed by atoms with van der Waals surface area (Å²) in [6.45, 7) is 1.56. The third kappa shape index (κ3) is 2.61. The van der Waals surface area contributed by atoms with Crippen LogP contribution in [0.1, 0.15) is 12.7 Å². The fourth-order valence-electron chi connectivity index (χ4n) is 1.49. The molecule has 0 saturated carbocycles. The van der Waals surface area contributed by atoms with Gasteiger partial charge in [-0.15, -0.1) is 0 Å². The Morgan fingerprint density at radius 3 is 2.50 bits per heavy atom. The molecule has 0 N–H and O–H groups in total. The van der Waals surface area contributed by atoms with E-state index in [4.69, 9.17) is 4.42 Å². The summed E-state index contributed by atoms with van der Waals surface area (Å²) < 4.78 is 6.62. The number of carbonyl (C=O) groups is 1. The van der Waals surface area contributed by atoms with Crippen molar-refractivity contribution in [3.8, 4) is 11.3 Å². The van der Waals surface area contributed by atoms with Gasteiger partial charge >= 0.3 is 0 Å². The lowest BCUT2D eigenvalue weighted by Gasteiger charge is -1.97. The number of hydrogen-bond donors (Lipinski definition) is 0. The summed E-state index contributed by atoms with van der Waals surface area (Å²) in [6, 6.07) is 11.6. The zero-order valence-corrected chi connectivity index (χ0v) is 10.5. The van der Waals surface area contributed by atoms with Crippen LogP contribution in [0.5, 0.6) is 0 Å². The number of benzene rings is 1. The molecule has 3 heteroatoms. The van der Waals surface area contributed by atoms with Crippen molar-refractivity contribution in [1.82, 2.24) is 0 Å². The van der Waals surface area contributed by atoms with E-state index in [1.165, 1.54) is 0 Å². The van der Waals surface area contributed by atoms with Gasteiger partial charge in [0.2, 0.25) is 0 Å². The Labute approximate surface area is 102 Å². The van der Waals surface area contributed by atoms with Crippen molar-refractivity contribution < 1.29 is 9.21 Å². The van der Waals surface area contributed by atoms with E-state index in [2.05, 4.69) is 15.9 Å². The Balaban J connectivity index is 2.24. The van der Waals surface area contributed by atoms with E-state index >= 15 is 0 Å². The minimum atomic E-state index is 0.108. The van der Waals surface area contributed by atoms with Gasteiger partial charge < -0.3 is 4.42 Å². The maximum Gasteiger partial charge on any atom is 0.137 e. The second-order valence-corrected chi connectivity index (χ2v) is 4.57. The van der Waals surface area contributed by atoms with Crippen molar-refractivity contribution in [2.24, 2.45) is 0 Å². The number of ketones is 1. The summed E-state index contributed by atoms with van der Waals surface area (Å²) in [5.41, 5.74) is 1.01. The van der Waals surface area contributed by atoms with E-state index < -0.39 is 0 Å². The quantitative estimate of drug-likeness (QED) is 0.854. The molecule has 0 saturated heterocycles. The van der Waals surface area contributed by atoms with E-state index in [1.807, 2.05) is 36.4 Å². The minimum Gasteiger partial charge on any atom is -0.461 e. The van der Waals surface area contributed by atoms with Crippen LogP contribution in [-0.4, -0.2) is 5.78 Å². The monoisotopic (exact) mass is 278 g/mol. The summed E-state index contributed by atoms with van der Waals surface area (Å²) >= 11 is 3.38. The van der Waals surface area contributed by atoms with Crippen molar-refractivity contribution >= 4 is 21.7 Å². The van der Waals surface area contributed by atoms with Gasteiger partial charge in [0.15, 0.2) is 0 Å². The molecular weight excluding hydrogens is 268 g/mol. The molecule has 0 amide bonds. The van der Waals surface area contributed by atoms with E-state index in [9.17, 15) is 4.79 Å². The van der Waals surface area contributed by atoms with E-state index in [-0.39, 0.29) is 5.78 Å². The van der Waals surface area contributed by atoms with Gasteiger partial charge in [0.1, 0.15) is 17.3 Å². The van der Waals surface area contributed by atoms with Gasteiger partial charge in [0, 0.05) is 10.0 Å². The first-order chi connectivity index (χ1) is 7.65. The normalized spacial score (nSPS) is 10.4. The molecule has 0 aliphatic carbocycles. The van der Waals surface area contributed by atoms with Gasteiger partial charge in [-0.3, -0.25) is 4.79 Å². The molecule has 2 rings (SSSR count). The molecule has 0 unspecified atom stereocenters. The number of hydrogen-bond acceptors (Lipinski definition) is 2. The fraction of sp³-hybridized carbons (Fsp3) is 0.154. The third-order valence-corrected chi connectivity index (χ3v) is 2.74. The topological polar surface area (TPSA) is 30.2 Å². The molecule has 0 atom stereocenters. The Morgan fingerprint density at radius 1 is 1.19 bits per heavy atom. The third-order valence-electron chi connectivity index (χ3n) is 2.21. The zero-order chi connectivity index (χ0) is 11.5. The van der Waals surface area contributed by atoms with Crippen LogP contribution in [-0.2, 0) is 11.2 Å². The van der Waals surface area contributed by atoms with Crippen LogP contribution >= 0.6 is 15.9 Å². The first-order valence-electron chi connectivity index (χ1n) is 4.99. The number of Topliss-reactive ketones (excluding diaryl/α,β-unsaturated/α-hetero) is 1. The highest BCUT2D eigenvalue weighted by molar-refractivity contribution is 9.10. The number of furan rings is 1. The molecule has 0 radical (unpaired) electrons. The van der Waals surface area contributed by atoms with Gasteiger partial charge in [-0.1, -0.05) is 28.1 Å². The van der Waals surface area contributed by atoms with Crippen molar-refractivity contribution in [2.45, 2.75) is 13.3 Å². The number of halogens is 1. The maximum absolute atomic E-state index is 10.9. The van der Waals surface area contributed by atoms with Crippen molar-refractivity contribution in [3.63, 3.8) is 0 Å². The zero-order valence-electron chi connectivity index (χ0n) is 8.87. The Morgan fingerprint density at radius 2 is 1.88 bits per heavy atom. The van der Waals surface area contributed by atoms with Crippen molar-refractivity contribution in [1.29, 1.82) is 0 Å². The van der Waals surface area contributed by atoms with E-state index in [1.54, 1.807) is 6.92 Å². The first-order valence-corrected chi connectivity index (χ1v) is 5.78. The van der Waals surface area contributed by atoms with Gasteiger partial charge in [0.05, 0.1) is 6.42 Å². The minimum absolute atomic E-state index is 0.108. The summed E-state index contributed by atoms with van der Waals surface area (Å²) in [5, 5.41) is 0. The molecule has 82 valence electrons. The standard InChI is InChI=1S/C13H11BrO2/c1-9(15)8-12-6-7-13(16-12)10-2-4-11(14)5-3-10/h2-7H,8H2,1H3. The second-order valence-electron chi connectivity index (χ2n) is 3.65. The average Bonchev–Trinajstić information content (AvgIpc) is 2.66. The molecule has 0 fully saturated rings. The highest BCUT2D eigenvalue weighted by Crippen LogP contribution is 2.24. The van der Waals surface area contributed by atoms with Crippen molar-refractivity contribution in [3.05, 3.63) is 46.6 Å². The van der Waals surface area contributed by atoms with Crippen LogP contribution in [0.3, 0.4) is 0 Å². The van der Waals surface area contributed by atoms with Gasteiger partial charge in [-0.25, -0.2) is 0 Å². The van der Waals surface area contributed by atoms with Gasteiger partial charge in [0.25, 0.3) is 0 Å². The number of rotatable bonds is 3. The Bertz CT molecular complexity index is 497. The lowest BCUT2D eigenvalue weighted by atomic mass is 10.2. The molecule has 2 aromatic rings. The van der Waals surface area contributed by atoms with Crippen molar-refractivity contribution in [2.75, 3.05) is 0 Å². The predicted octanol–water partition coefficient (Wildman–Crippen LogP) is 3.84. The fourth-order valence-corrected chi connectivity index (χ4v) is 1.75. The lowest BCUT2D eigenvalue weighted by Crippen LogP contribution is -1.93. The summed E-state index contributed by atoms with van der Waals surface area (Å²) in [5.74, 6) is 1.62. The molecular formula is C13H11BrO2. The van der Waals surface area contributed by atoms with Gasteiger partial charge in [-0.2, -0.15) is 0 Å². The van der Waals surface area contributed by atoms with Crippen LogP contribution < -0.4 is 0 Å². The summed E-state index contributed by atoms with van der Waals surface area (Å²) in [7, 11) is 0. The molecule has 0 spiro atoms. The van der Waals surface area contributed by atoms with Crippen LogP contribution in [0.2, 0.25) is 0 Å². The van der Waals surface area contributed by atoms with Crippen LogP contribution in [0.15, 0.2) is 45.3 Å². The van der Waals surface area contributed by atoms with Crippen LogP contribution in [0.25, 0.3) is 11.3 Å². The van der Waals surface area contributed by atoms with Gasteiger partial charge in [-0.05, 0) is 31.2 Å². The maximum atomic E-state index is 10.9. The average molecular weight is 279 g/mol. The second kappa shape index (κ2) is 4.66. The SMILES string of the molecule is CC(=O)Cc1ccc(-c2ccc(Br)cc2)o1. The van der Waals surface area contributed by atoms with Crippen LogP contribution in [0, 0.1) is 0 Å². The Kier molecular flexibility index (Phi) is 3.25. The highest BCUT2D eigenvalue weighted by atomic mass is 79.9. The van der Waals surface area contributed by atoms with E-state index in [0.717, 1.165) is 15.8 Å². The first kappa shape index (κ1) is 11.1.